The fourth-order valence-electron chi connectivity index (χ4n) is 2.46. The maximum atomic E-state index is 5.93. The molecule has 88 valence electrons. The van der Waals surface area contributed by atoms with Crippen LogP contribution in [0.4, 0.5) is 0 Å². The van der Waals surface area contributed by atoms with Crippen molar-refractivity contribution in [2.45, 2.75) is 25.9 Å². The summed E-state index contributed by atoms with van der Waals surface area (Å²) < 4.78 is 5.93. The van der Waals surface area contributed by atoms with Crippen molar-refractivity contribution < 1.29 is 4.74 Å². The molecule has 0 spiro atoms. The second kappa shape index (κ2) is 6.02. The van der Waals surface area contributed by atoms with Gasteiger partial charge in [0.15, 0.2) is 0 Å². The van der Waals surface area contributed by atoms with Crippen molar-refractivity contribution in [3.63, 3.8) is 0 Å². The Hall–Kier alpha value is -0.860. The zero-order chi connectivity index (χ0) is 11.2. The van der Waals surface area contributed by atoms with E-state index in [1.807, 2.05) is 0 Å². The molecule has 0 aromatic heterocycles. The van der Waals surface area contributed by atoms with Gasteiger partial charge in [-0.1, -0.05) is 30.3 Å². The molecule has 0 amide bonds. The summed E-state index contributed by atoms with van der Waals surface area (Å²) in [6.07, 6.45) is 2.80. The van der Waals surface area contributed by atoms with Crippen LogP contribution < -0.4 is 5.32 Å². The molecule has 1 aromatic carbocycles. The summed E-state index contributed by atoms with van der Waals surface area (Å²) in [6, 6.07) is 10.6. The summed E-state index contributed by atoms with van der Waals surface area (Å²) in [5, 5.41) is 3.46. The number of hydrogen-bond acceptors (Lipinski definition) is 2. The first-order chi connectivity index (χ1) is 7.92. The Kier molecular flexibility index (Phi) is 4.37. The summed E-state index contributed by atoms with van der Waals surface area (Å²) in [5.41, 5.74) is 1.32. The van der Waals surface area contributed by atoms with Crippen molar-refractivity contribution in [3.8, 4) is 0 Å². The van der Waals surface area contributed by atoms with Gasteiger partial charge in [0.2, 0.25) is 0 Å². The van der Waals surface area contributed by atoms with Crippen LogP contribution in [-0.4, -0.2) is 19.7 Å². The Bertz CT molecular complexity index is 293. The Morgan fingerprint density at radius 1 is 1.38 bits per heavy atom. The van der Waals surface area contributed by atoms with Gasteiger partial charge in [-0.2, -0.15) is 0 Å². The summed E-state index contributed by atoms with van der Waals surface area (Å²) in [6.45, 7) is 5.10. The first kappa shape index (κ1) is 11.6. The van der Waals surface area contributed by atoms with Crippen LogP contribution in [-0.2, 0) is 4.74 Å². The van der Waals surface area contributed by atoms with Gasteiger partial charge < -0.3 is 10.1 Å². The molecule has 1 fully saturated rings. The number of ether oxygens (including phenoxy) is 1. The van der Waals surface area contributed by atoms with E-state index >= 15 is 0 Å². The lowest BCUT2D eigenvalue weighted by molar-refractivity contribution is 0.0103. The van der Waals surface area contributed by atoms with E-state index in [1.54, 1.807) is 0 Å². The first-order valence-corrected chi connectivity index (χ1v) is 6.29. The average Bonchev–Trinajstić information content (AvgIpc) is 2.38. The fourth-order valence-corrected chi connectivity index (χ4v) is 2.46. The Labute approximate surface area is 98.0 Å². The van der Waals surface area contributed by atoms with Gasteiger partial charge in [-0.05, 0) is 31.9 Å². The molecule has 1 N–H and O–H groups in total. The zero-order valence-corrected chi connectivity index (χ0v) is 9.99. The van der Waals surface area contributed by atoms with E-state index < -0.39 is 0 Å². The van der Waals surface area contributed by atoms with Crippen molar-refractivity contribution in [2.75, 3.05) is 19.7 Å². The average molecular weight is 219 g/mol. The van der Waals surface area contributed by atoms with Crippen LogP contribution in [0.1, 0.15) is 31.4 Å². The van der Waals surface area contributed by atoms with Crippen LogP contribution in [0.15, 0.2) is 30.3 Å². The number of piperidine rings is 1. The third kappa shape index (κ3) is 2.83. The quantitative estimate of drug-likeness (QED) is 0.840. The SMILES string of the molecule is CCO[C@@H](c1ccccc1)[C@@H]1CCCNC1. The van der Waals surface area contributed by atoms with Crippen LogP contribution in [0.5, 0.6) is 0 Å². The van der Waals surface area contributed by atoms with E-state index in [9.17, 15) is 0 Å². The molecule has 0 unspecified atom stereocenters. The molecule has 0 bridgehead atoms. The van der Waals surface area contributed by atoms with Gasteiger partial charge in [-0.25, -0.2) is 0 Å². The highest BCUT2D eigenvalue weighted by molar-refractivity contribution is 5.18. The Morgan fingerprint density at radius 3 is 2.81 bits per heavy atom. The van der Waals surface area contributed by atoms with Crippen molar-refractivity contribution in [2.24, 2.45) is 5.92 Å². The molecular formula is C14H21NO. The molecular weight excluding hydrogens is 198 g/mol. The van der Waals surface area contributed by atoms with Gasteiger partial charge in [0, 0.05) is 19.1 Å². The topological polar surface area (TPSA) is 21.3 Å². The Balaban J connectivity index is 2.09. The molecule has 0 saturated carbocycles. The number of benzene rings is 1. The molecule has 0 aliphatic carbocycles. The summed E-state index contributed by atoms with van der Waals surface area (Å²) in [4.78, 5) is 0. The van der Waals surface area contributed by atoms with Crippen LogP contribution in [0.2, 0.25) is 0 Å². The summed E-state index contributed by atoms with van der Waals surface area (Å²) in [5.74, 6) is 0.621. The van der Waals surface area contributed by atoms with Crippen LogP contribution in [0, 0.1) is 5.92 Å². The molecule has 2 heteroatoms. The third-order valence-corrected chi connectivity index (χ3v) is 3.24. The van der Waals surface area contributed by atoms with Crippen molar-refractivity contribution in [1.82, 2.24) is 5.32 Å². The maximum absolute atomic E-state index is 5.93. The highest BCUT2D eigenvalue weighted by Gasteiger charge is 2.24. The molecule has 2 nitrogen and oxygen atoms in total. The molecule has 1 aliphatic rings. The largest absolute Gasteiger partial charge is 0.373 e. The van der Waals surface area contributed by atoms with Crippen molar-refractivity contribution in [3.05, 3.63) is 35.9 Å². The maximum Gasteiger partial charge on any atom is 0.0865 e. The molecule has 16 heavy (non-hydrogen) atoms. The fraction of sp³-hybridized carbons (Fsp3) is 0.571. The lowest BCUT2D eigenvalue weighted by atomic mass is 9.89. The third-order valence-electron chi connectivity index (χ3n) is 3.24. The minimum Gasteiger partial charge on any atom is -0.373 e. The van der Waals surface area contributed by atoms with Crippen LogP contribution in [0.25, 0.3) is 0 Å². The normalized spacial score (nSPS) is 22.9. The second-order valence-corrected chi connectivity index (χ2v) is 4.39. The predicted octanol–water partition coefficient (Wildman–Crippen LogP) is 2.76. The highest BCUT2D eigenvalue weighted by Crippen LogP contribution is 2.30. The molecule has 2 rings (SSSR count). The van der Waals surface area contributed by atoms with Gasteiger partial charge >= 0.3 is 0 Å². The van der Waals surface area contributed by atoms with E-state index in [4.69, 9.17) is 4.74 Å². The molecule has 1 aliphatic heterocycles. The zero-order valence-electron chi connectivity index (χ0n) is 9.99. The summed E-state index contributed by atoms with van der Waals surface area (Å²) >= 11 is 0. The van der Waals surface area contributed by atoms with E-state index in [0.717, 1.165) is 19.7 Å². The lowest BCUT2D eigenvalue weighted by Crippen LogP contribution is -2.34. The number of hydrogen-bond donors (Lipinski definition) is 1. The minimum absolute atomic E-state index is 0.263. The Morgan fingerprint density at radius 2 is 2.19 bits per heavy atom. The second-order valence-electron chi connectivity index (χ2n) is 4.39. The van der Waals surface area contributed by atoms with Crippen molar-refractivity contribution >= 4 is 0 Å². The standard InChI is InChI=1S/C14H21NO/c1-2-16-14(12-7-4-3-5-8-12)13-9-6-10-15-11-13/h3-5,7-8,13-15H,2,6,9-11H2,1H3/t13-,14+/m1/s1. The van der Waals surface area contributed by atoms with Gasteiger partial charge in [-0.3, -0.25) is 0 Å². The molecule has 2 atom stereocenters. The smallest absolute Gasteiger partial charge is 0.0865 e. The van der Waals surface area contributed by atoms with E-state index in [-0.39, 0.29) is 6.10 Å². The number of rotatable bonds is 4. The lowest BCUT2D eigenvalue weighted by Gasteiger charge is -2.30. The van der Waals surface area contributed by atoms with Crippen molar-refractivity contribution in [1.29, 1.82) is 0 Å². The minimum atomic E-state index is 0.263. The number of nitrogens with one attached hydrogen (secondary N) is 1. The predicted molar refractivity (Wildman–Crippen MR) is 66.4 cm³/mol. The van der Waals surface area contributed by atoms with Crippen LogP contribution in [0.3, 0.4) is 0 Å². The first-order valence-electron chi connectivity index (χ1n) is 6.29. The summed E-state index contributed by atoms with van der Waals surface area (Å²) in [7, 11) is 0. The molecule has 0 radical (unpaired) electrons. The van der Waals surface area contributed by atoms with Gasteiger partial charge in [-0.15, -0.1) is 0 Å². The van der Waals surface area contributed by atoms with Gasteiger partial charge in [0.25, 0.3) is 0 Å². The molecule has 1 saturated heterocycles. The van der Waals surface area contributed by atoms with Gasteiger partial charge in [0.1, 0.15) is 0 Å². The molecule has 1 aromatic rings. The van der Waals surface area contributed by atoms with E-state index in [0.29, 0.717) is 5.92 Å². The van der Waals surface area contributed by atoms with Gasteiger partial charge in [0.05, 0.1) is 6.10 Å². The molecule has 1 heterocycles. The van der Waals surface area contributed by atoms with E-state index in [2.05, 4.69) is 42.6 Å². The monoisotopic (exact) mass is 219 g/mol. The van der Waals surface area contributed by atoms with Crippen LogP contribution >= 0.6 is 0 Å². The highest BCUT2D eigenvalue weighted by atomic mass is 16.5. The van der Waals surface area contributed by atoms with E-state index in [1.165, 1.54) is 18.4 Å².